The van der Waals surface area contributed by atoms with Gasteiger partial charge in [0.2, 0.25) is 11.7 Å². The first kappa shape index (κ1) is 10.0. The SMILES string of the molecule is N#Cc1ccc(-c2noc(C3CCC3)n2)cc1. The van der Waals surface area contributed by atoms with Crippen LogP contribution in [0.4, 0.5) is 0 Å². The Balaban J connectivity index is 1.87. The molecule has 0 amide bonds. The molecular weight excluding hydrogens is 214 g/mol. The summed E-state index contributed by atoms with van der Waals surface area (Å²) in [6, 6.07) is 9.28. The van der Waals surface area contributed by atoms with Crippen molar-refractivity contribution >= 4 is 0 Å². The van der Waals surface area contributed by atoms with Crippen LogP contribution in [0.25, 0.3) is 11.4 Å². The smallest absolute Gasteiger partial charge is 0.230 e. The Labute approximate surface area is 98.9 Å². The first-order valence-corrected chi connectivity index (χ1v) is 5.71. The summed E-state index contributed by atoms with van der Waals surface area (Å²) in [5.41, 5.74) is 1.52. The molecule has 1 aliphatic rings. The van der Waals surface area contributed by atoms with Gasteiger partial charge in [-0.1, -0.05) is 11.6 Å². The molecule has 0 saturated heterocycles. The molecule has 1 fully saturated rings. The molecule has 4 heteroatoms. The van der Waals surface area contributed by atoms with Crippen LogP contribution in [0.2, 0.25) is 0 Å². The van der Waals surface area contributed by atoms with Gasteiger partial charge in [0.05, 0.1) is 11.6 Å². The first-order chi connectivity index (χ1) is 8.36. The van der Waals surface area contributed by atoms with Crippen molar-refractivity contribution in [3.63, 3.8) is 0 Å². The van der Waals surface area contributed by atoms with E-state index in [0.717, 1.165) is 24.3 Å². The lowest BCUT2D eigenvalue weighted by Crippen LogP contribution is -2.08. The van der Waals surface area contributed by atoms with Gasteiger partial charge in [-0.2, -0.15) is 10.2 Å². The van der Waals surface area contributed by atoms with Gasteiger partial charge in [-0.05, 0) is 37.1 Å². The van der Waals surface area contributed by atoms with Gasteiger partial charge in [0.25, 0.3) is 0 Å². The average Bonchev–Trinajstić information content (AvgIpc) is 2.76. The summed E-state index contributed by atoms with van der Waals surface area (Å²) in [7, 11) is 0. The molecule has 4 nitrogen and oxygen atoms in total. The van der Waals surface area contributed by atoms with Crippen LogP contribution in [0.15, 0.2) is 28.8 Å². The number of nitriles is 1. The van der Waals surface area contributed by atoms with Crippen LogP contribution in [0.1, 0.15) is 36.6 Å². The third-order valence-electron chi connectivity index (χ3n) is 3.17. The Kier molecular flexibility index (Phi) is 2.37. The molecule has 0 atom stereocenters. The van der Waals surface area contributed by atoms with Gasteiger partial charge in [0.1, 0.15) is 0 Å². The van der Waals surface area contributed by atoms with E-state index in [9.17, 15) is 0 Å². The molecule has 0 radical (unpaired) electrons. The maximum Gasteiger partial charge on any atom is 0.230 e. The Morgan fingerprint density at radius 3 is 2.59 bits per heavy atom. The quantitative estimate of drug-likeness (QED) is 0.788. The highest BCUT2D eigenvalue weighted by molar-refractivity contribution is 5.55. The average molecular weight is 225 g/mol. The molecule has 1 aromatic heterocycles. The summed E-state index contributed by atoms with van der Waals surface area (Å²) in [6.45, 7) is 0. The molecule has 0 N–H and O–H groups in total. The van der Waals surface area contributed by atoms with Crippen LogP contribution in [0.3, 0.4) is 0 Å². The molecule has 3 rings (SSSR count). The van der Waals surface area contributed by atoms with Crippen molar-refractivity contribution in [2.45, 2.75) is 25.2 Å². The van der Waals surface area contributed by atoms with E-state index in [2.05, 4.69) is 16.2 Å². The van der Waals surface area contributed by atoms with E-state index in [1.54, 1.807) is 12.1 Å². The lowest BCUT2D eigenvalue weighted by molar-refractivity contribution is 0.292. The zero-order chi connectivity index (χ0) is 11.7. The fourth-order valence-corrected chi connectivity index (χ4v) is 1.87. The van der Waals surface area contributed by atoms with Crippen LogP contribution < -0.4 is 0 Å². The van der Waals surface area contributed by atoms with Crippen molar-refractivity contribution in [3.05, 3.63) is 35.7 Å². The molecule has 2 aromatic rings. The molecule has 17 heavy (non-hydrogen) atoms. The molecule has 1 saturated carbocycles. The largest absolute Gasteiger partial charge is 0.339 e. The minimum absolute atomic E-state index is 0.453. The number of nitrogens with zero attached hydrogens (tertiary/aromatic N) is 3. The third-order valence-corrected chi connectivity index (χ3v) is 3.17. The third kappa shape index (κ3) is 1.80. The van der Waals surface area contributed by atoms with Gasteiger partial charge >= 0.3 is 0 Å². The molecule has 0 aliphatic heterocycles. The second-order valence-corrected chi connectivity index (χ2v) is 4.27. The van der Waals surface area contributed by atoms with Crippen LogP contribution in [0.5, 0.6) is 0 Å². The number of benzene rings is 1. The zero-order valence-electron chi connectivity index (χ0n) is 9.26. The maximum atomic E-state index is 8.72. The van der Waals surface area contributed by atoms with Crippen molar-refractivity contribution in [1.29, 1.82) is 5.26 Å². The van der Waals surface area contributed by atoms with Gasteiger partial charge in [-0.15, -0.1) is 0 Å². The second kappa shape index (κ2) is 4.02. The number of aromatic nitrogens is 2. The lowest BCUT2D eigenvalue weighted by Gasteiger charge is -2.20. The van der Waals surface area contributed by atoms with Crippen molar-refractivity contribution in [2.24, 2.45) is 0 Å². The van der Waals surface area contributed by atoms with E-state index in [-0.39, 0.29) is 0 Å². The lowest BCUT2D eigenvalue weighted by atomic mass is 9.85. The molecule has 0 bridgehead atoms. The second-order valence-electron chi connectivity index (χ2n) is 4.27. The molecule has 1 aromatic carbocycles. The van der Waals surface area contributed by atoms with Gasteiger partial charge in [-0.3, -0.25) is 0 Å². The Morgan fingerprint density at radius 1 is 1.24 bits per heavy atom. The Bertz CT molecular complexity index is 561. The summed E-state index contributed by atoms with van der Waals surface area (Å²) in [5.74, 6) is 1.81. The Hall–Kier alpha value is -2.15. The van der Waals surface area contributed by atoms with Gasteiger partial charge in [0, 0.05) is 11.5 Å². The molecule has 84 valence electrons. The number of rotatable bonds is 2. The van der Waals surface area contributed by atoms with E-state index in [4.69, 9.17) is 9.78 Å². The van der Waals surface area contributed by atoms with Crippen LogP contribution >= 0.6 is 0 Å². The molecule has 0 spiro atoms. The summed E-state index contributed by atoms with van der Waals surface area (Å²) in [6.07, 6.45) is 3.54. The molecule has 0 unspecified atom stereocenters. The normalized spacial score (nSPS) is 15.2. The number of hydrogen-bond acceptors (Lipinski definition) is 4. The molecular formula is C13H11N3O. The summed E-state index contributed by atoms with van der Waals surface area (Å²) in [5, 5.41) is 12.7. The molecule has 1 aliphatic carbocycles. The van der Waals surface area contributed by atoms with Crippen LogP contribution in [-0.2, 0) is 0 Å². The molecule has 1 heterocycles. The van der Waals surface area contributed by atoms with Crippen molar-refractivity contribution in [3.8, 4) is 17.5 Å². The van der Waals surface area contributed by atoms with E-state index in [1.165, 1.54) is 6.42 Å². The van der Waals surface area contributed by atoms with Crippen molar-refractivity contribution in [2.75, 3.05) is 0 Å². The monoisotopic (exact) mass is 225 g/mol. The van der Waals surface area contributed by atoms with Crippen molar-refractivity contribution in [1.82, 2.24) is 10.1 Å². The van der Waals surface area contributed by atoms with Crippen LogP contribution in [-0.4, -0.2) is 10.1 Å². The first-order valence-electron chi connectivity index (χ1n) is 5.71. The van der Waals surface area contributed by atoms with Gasteiger partial charge in [-0.25, -0.2) is 0 Å². The fourth-order valence-electron chi connectivity index (χ4n) is 1.87. The summed E-state index contributed by atoms with van der Waals surface area (Å²) >= 11 is 0. The van der Waals surface area contributed by atoms with Gasteiger partial charge in [0.15, 0.2) is 0 Å². The zero-order valence-corrected chi connectivity index (χ0v) is 9.26. The van der Waals surface area contributed by atoms with Crippen LogP contribution in [0, 0.1) is 11.3 Å². The van der Waals surface area contributed by atoms with Gasteiger partial charge < -0.3 is 4.52 Å². The fraction of sp³-hybridized carbons (Fsp3) is 0.308. The van der Waals surface area contributed by atoms with E-state index in [0.29, 0.717) is 17.3 Å². The van der Waals surface area contributed by atoms with E-state index in [1.807, 2.05) is 12.1 Å². The predicted octanol–water partition coefficient (Wildman–Crippen LogP) is 2.88. The standard InChI is InChI=1S/C13H11N3O/c14-8-9-4-6-10(7-5-9)12-15-13(17-16-12)11-2-1-3-11/h4-7,11H,1-3H2. The minimum Gasteiger partial charge on any atom is -0.339 e. The Morgan fingerprint density at radius 2 is 2.00 bits per heavy atom. The maximum absolute atomic E-state index is 8.72. The minimum atomic E-state index is 0.453. The highest BCUT2D eigenvalue weighted by Gasteiger charge is 2.25. The van der Waals surface area contributed by atoms with E-state index >= 15 is 0 Å². The number of hydrogen-bond donors (Lipinski definition) is 0. The predicted molar refractivity (Wildman–Crippen MR) is 61.0 cm³/mol. The topological polar surface area (TPSA) is 62.7 Å². The summed E-state index contributed by atoms with van der Waals surface area (Å²) in [4.78, 5) is 4.40. The van der Waals surface area contributed by atoms with E-state index < -0.39 is 0 Å². The van der Waals surface area contributed by atoms with Crippen molar-refractivity contribution < 1.29 is 4.52 Å². The summed E-state index contributed by atoms with van der Waals surface area (Å²) < 4.78 is 5.25. The highest BCUT2D eigenvalue weighted by Crippen LogP contribution is 2.35. The highest BCUT2D eigenvalue weighted by atomic mass is 16.5.